The van der Waals surface area contributed by atoms with Gasteiger partial charge in [-0.1, -0.05) is 60.7 Å². The van der Waals surface area contributed by atoms with E-state index in [0.717, 1.165) is 62.1 Å². The molecule has 0 atom stereocenters. The molecule has 0 N–H and O–H groups in total. The van der Waals surface area contributed by atoms with E-state index in [-0.39, 0.29) is 11.7 Å². The fraction of sp³-hybridized carbons (Fsp3) is 0.300. The van der Waals surface area contributed by atoms with Crippen LogP contribution in [0.5, 0.6) is 0 Å². The average Bonchev–Trinajstić information content (AvgIpc) is 3.33. The van der Waals surface area contributed by atoms with Gasteiger partial charge in [0.25, 0.3) is 0 Å². The van der Waals surface area contributed by atoms with Crippen LogP contribution in [0.2, 0.25) is 0 Å². The Bertz CT molecular complexity index is 1300. The zero-order valence-corrected chi connectivity index (χ0v) is 19.5. The van der Waals surface area contributed by atoms with Gasteiger partial charge in [-0.05, 0) is 59.2 Å². The standard InChI is InChI=1S/C30H30N2O2/c33-29-20-26(27-18-24-12-7-13-25(24)19-28(27)34-29)21-31-14-16-32(17-15-31)30(22-8-3-1-4-9-22)23-10-5-2-6-11-23/h1-6,8-11,18-20,30H,7,12-17,21H2. The summed E-state index contributed by atoms with van der Waals surface area (Å²) in [5.74, 6) is 0. The fourth-order valence-electron chi connectivity index (χ4n) is 5.73. The molecule has 172 valence electrons. The van der Waals surface area contributed by atoms with Gasteiger partial charge >= 0.3 is 5.63 Å². The number of piperazine rings is 1. The van der Waals surface area contributed by atoms with Crippen molar-refractivity contribution in [3.63, 3.8) is 0 Å². The molecule has 4 aromatic rings. The van der Waals surface area contributed by atoms with Crippen LogP contribution in [0.25, 0.3) is 11.0 Å². The third-order valence-corrected chi connectivity index (χ3v) is 7.44. The van der Waals surface area contributed by atoms with E-state index in [9.17, 15) is 4.79 Å². The highest BCUT2D eigenvalue weighted by Crippen LogP contribution is 2.31. The molecule has 1 fully saturated rings. The summed E-state index contributed by atoms with van der Waals surface area (Å²) in [6, 6.07) is 28.0. The summed E-state index contributed by atoms with van der Waals surface area (Å²) in [4.78, 5) is 17.4. The Balaban J connectivity index is 1.22. The van der Waals surface area contributed by atoms with Crippen molar-refractivity contribution in [3.05, 3.63) is 117 Å². The lowest BCUT2D eigenvalue weighted by atomic mass is 9.96. The quantitative estimate of drug-likeness (QED) is 0.392. The molecule has 0 radical (unpaired) electrons. The number of hydrogen-bond acceptors (Lipinski definition) is 4. The van der Waals surface area contributed by atoms with E-state index in [4.69, 9.17) is 4.42 Å². The molecule has 0 saturated carbocycles. The number of hydrogen-bond donors (Lipinski definition) is 0. The summed E-state index contributed by atoms with van der Waals surface area (Å²) in [6.45, 7) is 4.72. The van der Waals surface area contributed by atoms with Gasteiger partial charge in [-0.3, -0.25) is 9.80 Å². The maximum Gasteiger partial charge on any atom is 0.336 e. The molecule has 3 aromatic carbocycles. The van der Waals surface area contributed by atoms with Crippen LogP contribution in [-0.4, -0.2) is 36.0 Å². The van der Waals surface area contributed by atoms with Crippen LogP contribution in [0.3, 0.4) is 0 Å². The Morgan fingerprint density at radius 3 is 2.03 bits per heavy atom. The lowest BCUT2D eigenvalue weighted by Crippen LogP contribution is -2.47. The van der Waals surface area contributed by atoms with Crippen molar-refractivity contribution in [2.75, 3.05) is 26.2 Å². The molecule has 4 heteroatoms. The topological polar surface area (TPSA) is 36.7 Å². The highest BCUT2D eigenvalue weighted by molar-refractivity contribution is 5.82. The molecular formula is C30H30N2O2. The van der Waals surface area contributed by atoms with Crippen molar-refractivity contribution in [2.24, 2.45) is 0 Å². The molecule has 0 amide bonds. The van der Waals surface area contributed by atoms with Gasteiger partial charge in [0.05, 0.1) is 6.04 Å². The minimum atomic E-state index is -0.243. The van der Waals surface area contributed by atoms with E-state index in [0.29, 0.717) is 0 Å². The molecule has 6 rings (SSSR count). The van der Waals surface area contributed by atoms with Gasteiger partial charge in [-0.15, -0.1) is 0 Å². The highest BCUT2D eigenvalue weighted by Gasteiger charge is 2.27. The Hall–Kier alpha value is -3.21. The third-order valence-electron chi connectivity index (χ3n) is 7.44. The Morgan fingerprint density at radius 2 is 1.38 bits per heavy atom. The first-order valence-electron chi connectivity index (χ1n) is 12.4. The molecule has 2 aliphatic rings. The minimum absolute atomic E-state index is 0.243. The third kappa shape index (κ3) is 4.20. The minimum Gasteiger partial charge on any atom is -0.423 e. The predicted octanol–water partition coefficient (Wildman–Crippen LogP) is 5.19. The normalized spacial score (nSPS) is 16.9. The largest absolute Gasteiger partial charge is 0.423 e. The van der Waals surface area contributed by atoms with Crippen molar-refractivity contribution in [1.82, 2.24) is 9.80 Å². The summed E-state index contributed by atoms with van der Waals surface area (Å²) < 4.78 is 5.58. The monoisotopic (exact) mass is 450 g/mol. The van der Waals surface area contributed by atoms with E-state index in [1.54, 1.807) is 6.07 Å². The van der Waals surface area contributed by atoms with E-state index in [1.807, 2.05) is 0 Å². The molecular weight excluding hydrogens is 420 g/mol. The van der Waals surface area contributed by atoms with Crippen molar-refractivity contribution in [2.45, 2.75) is 31.8 Å². The summed E-state index contributed by atoms with van der Waals surface area (Å²) in [7, 11) is 0. The summed E-state index contributed by atoms with van der Waals surface area (Å²) in [5, 5.41) is 1.11. The number of benzene rings is 3. The predicted molar refractivity (Wildman–Crippen MR) is 136 cm³/mol. The van der Waals surface area contributed by atoms with Crippen LogP contribution < -0.4 is 5.63 Å². The van der Waals surface area contributed by atoms with Gasteiger partial charge in [0.2, 0.25) is 0 Å². The lowest BCUT2D eigenvalue weighted by molar-refractivity contribution is 0.105. The van der Waals surface area contributed by atoms with E-state index >= 15 is 0 Å². The Kier molecular flexibility index (Phi) is 5.78. The molecule has 34 heavy (non-hydrogen) atoms. The summed E-state index contributed by atoms with van der Waals surface area (Å²) in [5.41, 5.74) is 7.03. The second kappa shape index (κ2) is 9.21. The van der Waals surface area contributed by atoms with E-state index in [2.05, 4.69) is 82.6 Å². The number of aryl methyl sites for hydroxylation is 2. The highest BCUT2D eigenvalue weighted by atomic mass is 16.4. The number of rotatable bonds is 5. The summed E-state index contributed by atoms with van der Waals surface area (Å²) in [6.07, 6.45) is 3.41. The van der Waals surface area contributed by atoms with Crippen molar-refractivity contribution in [3.8, 4) is 0 Å². The number of nitrogens with zero attached hydrogens (tertiary/aromatic N) is 2. The van der Waals surface area contributed by atoms with Crippen molar-refractivity contribution < 1.29 is 4.42 Å². The maximum atomic E-state index is 12.3. The van der Waals surface area contributed by atoms with Crippen LogP contribution in [-0.2, 0) is 19.4 Å². The van der Waals surface area contributed by atoms with E-state index < -0.39 is 0 Å². The van der Waals surface area contributed by atoms with Crippen LogP contribution in [0.15, 0.2) is 88.1 Å². The van der Waals surface area contributed by atoms with Gasteiger partial charge in [0.15, 0.2) is 0 Å². The number of fused-ring (bicyclic) bond motifs is 2. The Morgan fingerprint density at radius 1 is 0.765 bits per heavy atom. The first-order chi connectivity index (χ1) is 16.7. The second-order valence-corrected chi connectivity index (χ2v) is 9.60. The molecule has 1 aliphatic heterocycles. The second-order valence-electron chi connectivity index (χ2n) is 9.60. The lowest BCUT2D eigenvalue weighted by Gasteiger charge is -2.40. The first-order valence-corrected chi connectivity index (χ1v) is 12.4. The van der Waals surface area contributed by atoms with Crippen molar-refractivity contribution >= 4 is 11.0 Å². The van der Waals surface area contributed by atoms with Crippen LogP contribution in [0.1, 0.15) is 40.3 Å². The van der Waals surface area contributed by atoms with Gasteiger partial charge in [0, 0.05) is 44.2 Å². The average molecular weight is 451 g/mol. The first kappa shape index (κ1) is 21.3. The van der Waals surface area contributed by atoms with Gasteiger partial charge in [0.1, 0.15) is 5.58 Å². The van der Waals surface area contributed by atoms with Crippen LogP contribution >= 0.6 is 0 Å². The molecule has 1 aromatic heterocycles. The fourth-order valence-corrected chi connectivity index (χ4v) is 5.73. The molecule has 0 spiro atoms. The SMILES string of the molecule is O=c1cc(CN2CCN(C(c3ccccc3)c3ccccc3)CC2)c2cc3c(cc2o1)CCC3. The van der Waals surface area contributed by atoms with E-state index in [1.165, 1.54) is 28.7 Å². The Labute approximate surface area is 200 Å². The summed E-state index contributed by atoms with van der Waals surface area (Å²) >= 11 is 0. The van der Waals surface area contributed by atoms with Gasteiger partial charge < -0.3 is 4.42 Å². The van der Waals surface area contributed by atoms with Crippen LogP contribution in [0.4, 0.5) is 0 Å². The smallest absolute Gasteiger partial charge is 0.336 e. The molecule has 1 aliphatic carbocycles. The molecule has 0 bridgehead atoms. The zero-order chi connectivity index (χ0) is 22.9. The van der Waals surface area contributed by atoms with Gasteiger partial charge in [-0.2, -0.15) is 0 Å². The zero-order valence-electron chi connectivity index (χ0n) is 19.5. The molecule has 2 heterocycles. The molecule has 0 unspecified atom stereocenters. The van der Waals surface area contributed by atoms with Crippen molar-refractivity contribution in [1.29, 1.82) is 0 Å². The maximum absolute atomic E-state index is 12.3. The molecule has 4 nitrogen and oxygen atoms in total. The van der Waals surface area contributed by atoms with Crippen LogP contribution in [0, 0.1) is 0 Å². The molecule has 1 saturated heterocycles. The van der Waals surface area contributed by atoms with Gasteiger partial charge in [-0.25, -0.2) is 4.79 Å².